The van der Waals surface area contributed by atoms with E-state index in [1.54, 1.807) is 6.07 Å². The molecule has 78 heavy (non-hydrogen) atoms. The van der Waals surface area contributed by atoms with E-state index in [2.05, 4.69) is 25.3 Å². The Morgan fingerprint density at radius 1 is 0.641 bits per heavy atom. The van der Waals surface area contributed by atoms with Crippen LogP contribution in [0.3, 0.4) is 0 Å². The third-order valence-corrected chi connectivity index (χ3v) is 15.0. The minimum atomic E-state index is -4.63. The number of alkyl halides is 8. The van der Waals surface area contributed by atoms with Crippen LogP contribution in [0.2, 0.25) is 0 Å². The molecular weight excluding hydrogens is 1130 g/mol. The molecular formula is C50H40Cl2F10N8O6S2. The van der Waals surface area contributed by atoms with E-state index in [1.807, 2.05) is 12.1 Å². The van der Waals surface area contributed by atoms with Crippen LogP contribution in [-0.2, 0) is 53.9 Å². The van der Waals surface area contributed by atoms with Gasteiger partial charge in [-0.05, 0) is 85.6 Å². The van der Waals surface area contributed by atoms with Gasteiger partial charge >= 0.3 is 12.4 Å². The van der Waals surface area contributed by atoms with Crippen LogP contribution in [0.4, 0.5) is 43.9 Å². The fourth-order valence-corrected chi connectivity index (χ4v) is 10.2. The lowest BCUT2D eigenvalue weighted by atomic mass is 9.99. The molecule has 0 spiro atoms. The van der Waals surface area contributed by atoms with Gasteiger partial charge in [0.1, 0.15) is 53.3 Å². The molecule has 28 heteroatoms. The molecule has 6 aromatic rings. The number of rotatable bonds is 13. The largest absolute Gasteiger partial charge is 0.433 e. The molecule has 412 valence electrons. The number of benzene rings is 2. The number of halogens is 12. The molecule has 2 aromatic carbocycles. The van der Waals surface area contributed by atoms with E-state index in [0.29, 0.717) is 22.5 Å². The van der Waals surface area contributed by atoms with E-state index >= 15 is 0 Å². The smallest absolute Gasteiger partial charge is 0.304 e. The second kappa shape index (κ2) is 26.1. The van der Waals surface area contributed by atoms with Crippen LogP contribution >= 0.6 is 23.1 Å². The maximum Gasteiger partial charge on any atom is 0.433 e. The van der Waals surface area contributed by atoms with Gasteiger partial charge in [0, 0.05) is 108 Å². The second-order valence-corrected chi connectivity index (χ2v) is 21.5. The number of hydrogen-bond acceptors (Lipinski definition) is 13. The molecule has 2 fully saturated rings. The predicted molar refractivity (Wildman–Crippen MR) is 263 cm³/mol. The molecule has 0 radical (unpaired) electrons. The summed E-state index contributed by atoms with van der Waals surface area (Å²) in [4.78, 5) is 39.8. The van der Waals surface area contributed by atoms with E-state index in [0.717, 1.165) is 77.4 Å². The normalized spacial score (nSPS) is 17.5. The first-order valence-electron chi connectivity index (χ1n) is 22.6. The third kappa shape index (κ3) is 16.3. The average molecular weight is 1170 g/mol. The van der Waals surface area contributed by atoms with Crippen LogP contribution in [0.25, 0.3) is 22.3 Å². The lowest BCUT2D eigenvalue weighted by molar-refractivity contribution is -0.141. The maximum absolute atomic E-state index is 14.2. The number of ketones is 2. The fraction of sp³-hybridized carbons (Fsp3) is 0.280. The summed E-state index contributed by atoms with van der Waals surface area (Å²) in [6.45, 7) is -0.354. The van der Waals surface area contributed by atoms with Gasteiger partial charge in [0.15, 0.2) is 5.78 Å². The van der Waals surface area contributed by atoms with E-state index in [-0.39, 0.29) is 95.3 Å². The van der Waals surface area contributed by atoms with Crippen molar-refractivity contribution >= 4 is 53.7 Å². The molecule has 0 bridgehead atoms. The molecule has 2 aliphatic heterocycles. The molecule has 8 rings (SSSR count). The van der Waals surface area contributed by atoms with Gasteiger partial charge < -0.3 is 5.32 Å². The molecule has 4 atom stereocenters. The zero-order chi connectivity index (χ0) is 56.5. The lowest BCUT2D eigenvalue weighted by Crippen LogP contribution is -2.40. The summed E-state index contributed by atoms with van der Waals surface area (Å²) in [6, 6.07) is 17.4. The minimum Gasteiger partial charge on any atom is -0.304 e. The Hall–Kier alpha value is -6.94. The van der Waals surface area contributed by atoms with Gasteiger partial charge in [0.05, 0.1) is 33.0 Å². The molecule has 4 aromatic heterocycles. The Kier molecular flexibility index (Phi) is 20.7. The summed E-state index contributed by atoms with van der Waals surface area (Å²) in [5.74, 6) is -1.82. The van der Waals surface area contributed by atoms with E-state index in [9.17, 15) is 80.9 Å². The molecule has 14 nitrogen and oxygen atoms in total. The number of nitriles is 2. The first-order chi connectivity index (χ1) is 36.2. The van der Waals surface area contributed by atoms with E-state index in [1.165, 1.54) is 30.6 Å². The summed E-state index contributed by atoms with van der Waals surface area (Å²) >= 11 is 0. The highest BCUT2D eigenvalue weighted by Crippen LogP contribution is 2.33. The molecule has 6 heterocycles. The van der Waals surface area contributed by atoms with Gasteiger partial charge in [-0.15, -0.1) is 12.4 Å². The number of carbonyl (C=O) groups is 2. The Balaban J connectivity index is 0.000000245. The number of sulfonamides is 1. The zero-order valence-electron chi connectivity index (χ0n) is 39.8. The molecule has 1 N–H and O–H groups in total. The number of hydrogen-bond donors (Lipinski definition) is 1. The maximum atomic E-state index is 14.2. The number of nitrogens with one attached hydrogen (secondary N) is 1. The number of pyridine rings is 4. The topological polar surface area (TPSA) is 217 Å². The quantitative estimate of drug-likeness (QED) is 0.0842. The van der Waals surface area contributed by atoms with Crippen molar-refractivity contribution in [1.82, 2.24) is 29.6 Å². The summed E-state index contributed by atoms with van der Waals surface area (Å²) in [5, 5.41) is 21.5. The highest BCUT2D eigenvalue weighted by Gasteiger charge is 2.44. The van der Waals surface area contributed by atoms with Crippen LogP contribution in [0, 0.1) is 34.3 Å². The molecule has 2 saturated heterocycles. The fourth-order valence-electron chi connectivity index (χ4n) is 7.80. The number of aromatic nitrogens is 4. The highest BCUT2D eigenvalue weighted by atomic mass is 35.7. The Labute approximate surface area is 450 Å². The van der Waals surface area contributed by atoms with Crippen LogP contribution < -0.4 is 5.32 Å². The van der Waals surface area contributed by atoms with Gasteiger partial charge in [-0.25, -0.2) is 34.4 Å². The van der Waals surface area contributed by atoms with Crippen molar-refractivity contribution in [2.75, 3.05) is 13.1 Å². The van der Waals surface area contributed by atoms with Gasteiger partial charge in [-0.2, -0.15) is 41.2 Å². The Morgan fingerprint density at radius 3 is 1.47 bits per heavy atom. The molecule has 0 saturated carbocycles. The lowest BCUT2D eigenvalue weighted by Gasteiger charge is -2.22. The zero-order valence-corrected chi connectivity index (χ0v) is 43.0. The van der Waals surface area contributed by atoms with Gasteiger partial charge in [-0.1, -0.05) is 12.1 Å². The molecule has 2 aliphatic rings. The van der Waals surface area contributed by atoms with Crippen molar-refractivity contribution in [3.8, 4) is 34.4 Å². The number of carbonyl (C=O) groups excluding carboxylic acids is 2. The van der Waals surface area contributed by atoms with Crippen molar-refractivity contribution < 1.29 is 70.3 Å². The van der Waals surface area contributed by atoms with Gasteiger partial charge in [0.25, 0.3) is 9.05 Å². The first kappa shape index (κ1) is 61.9. The standard InChI is InChI=1S/C25H19F5N4O3S.C19H16F4N4O.C6H4ClFO2S.ClH/c26-17-2-5-20(6-3-17)38(36,37)34-14-18(27)9-22(34)23(35)7-4-19-10-21(16(11-31)13-32-19)15-1-8-24(33-12-15)25(28,29)30;20-13-5-16(26-10-13)17(28)3-2-14-6-15(12(7-24)9-25-14)11-1-4-18(27-8-11)19(21,22)23;7-11(9,10)6-3-1-5(8)2-4-6;/h1-3,5-6,8,10,12-13,18,22H,4,7,9,14H2;1,4,6,8-9,13,16,26H,2-3,5,10H2;1-4H;1H/t18-,22?;13-,16?;;/m11../s1. The van der Waals surface area contributed by atoms with Crippen molar-refractivity contribution in [3.05, 3.63) is 155 Å². The average Bonchev–Trinajstić information content (AvgIpc) is 4.10. The number of Topliss-reactive ketones (excluding diaryl/α,β-unsaturated/α-hetero) is 2. The minimum absolute atomic E-state index is 0. The predicted octanol–water partition coefficient (Wildman–Crippen LogP) is 9.89. The second-order valence-electron chi connectivity index (χ2n) is 17.0. The van der Waals surface area contributed by atoms with E-state index in [4.69, 9.17) is 10.7 Å². The monoisotopic (exact) mass is 1170 g/mol. The van der Waals surface area contributed by atoms with Crippen LogP contribution in [0.5, 0.6) is 0 Å². The summed E-state index contributed by atoms with van der Waals surface area (Å²) in [6.07, 6.45) is -7.16. The van der Waals surface area contributed by atoms with Gasteiger partial charge in [-0.3, -0.25) is 29.5 Å². The van der Waals surface area contributed by atoms with Crippen LogP contribution in [-0.4, -0.2) is 90.2 Å². The van der Waals surface area contributed by atoms with E-state index < -0.39 is 91.2 Å². The number of nitrogens with zero attached hydrogens (tertiary/aromatic N) is 7. The molecule has 0 aliphatic carbocycles. The summed E-state index contributed by atoms with van der Waals surface area (Å²) < 4.78 is 177. The van der Waals surface area contributed by atoms with Crippen molar-refractivity contribution in [1.29, 1.82) is 10.5 Å². The summed E-state index contributed by atoms with van der Waals surface area (Å²) in [5.41, 5.74) is 0.206. The molecule has 0 amide bonds. The van der Waals surface area contributed by atoms with Crippen LogP contribution in [0.15, 0.2) is 120 Å². The highest BCUT2D eigenvalue weighted by molar-refractivity contribution is 8.13. The Bertz CT molecular complexity index is 3410. The summed E-state index contributed by atoms with van der Waals surface area (Å²) in [7, 11) is -3.02. The first-order valence-corrected chi connectivity index (χ1v) is 26.3. The Morgan fingerprint density at radius 2 is 1.09 bits per heavy atom. The SMILES string of the molecule is Cl.N#Cc1cnc(CCC(=O)C2C[C@@H](F)CN2)cc1-c1ccc(C(F)(F)F)nc1.N#Cc1cnc(CCC(=O)C2C[C@@H](F)CN2S(=O)(=O)c2ccc(F)cc2)cc1-c1ccc(C(F)(F)F)nc1.O=S(=O)(Cl)c1ccc(F)cc1. The molecule has 2 unspecified atom stereocenters. The van der Waals surface area contributed by atoms with Gasteiger partial charge in [0.2, 0.25) is 10.0 Å². The van der Waals surface area contributed by atoms with Crippen LogP contribution in [0.1, 0.15) is 59.6 Å². The number of aryl methyl sites for hydroxylation is 2. The van der Waals surface area contributed by atoms with Crippen molar-refractivity contribution in [2.24, 2.45) is 0 Å². The van der Waals surface area contributed by atoms with Crippen molar-refractivity contribution in [2.45, 2.75) is 85.1 Å². The third-order valence-electron chi connectivity index (χ3n) is 11.7. The van der Waals surface area contributed by atoms with Crippen molar-refractivity contribution in [3.63, 3.8) is 0 Å².